The molecule has 6 heteroatoms. The number of anilines is 1. The summed E-state index contributed by atoms with van der Waals surface area (Å²) in [4.78, 5) is 11.8. The van der Waals surface area contributed by atoms with E-state index >= 15 is 0 Å². The smallest absolute Gasteiger partial charge is 0.279 e. The van der Waals surface area contributed by atoms with Gasteiger partial charge in [-0.2, -0.15) is 0 Å². The maximum Gasteiger partial charge on any atom is 0.279 e. The minimum Gasteiger partial charge on any atom is -0.332 e. The first-order chi connectivity index (χ1) is 10.5. The van der Waals surface area contributed by atoms with E-state index in [1.54, 1.807) is 18.3 Å². The number of carbonyl (C=O) groups excluding carboxylic acids is 1. The standard InChI is InChI=1S/C16H15F3N2O/c1-10(14-6-5-12(18)8-15(14)19)20-9-16(22)21-13-4-2-3-11(17)7-13/h2-8,10,20H,9H2,1H3,(H,21,22)/p+1/t10-/m1/s1. The largest absolute Gasteiger partial charge is 0.332 e. The number of hydrogen-bond donors (Lipinski definition) is 2. The topological polar surface area (TPSA) is 45.7 Å². The number of nitrogens with one attached hydrogen (secondary N) is 1. The average molecular weight is 309 g/mol. The van der Waals surface area contributed by atoms with Gasteiger partial charge in [-0.25, -0.2) is 13.2 Å². The van der Waals surface area contributed by atoms with Gasteiger partial charge in [-0.3, -0.25) is 4.79 Å². The van der Waals surface area contributed by atoms with Crippen LogP contribution in [0.2, 0.25) is 0 Å². The summed E-state index contributed by atoms with van der Waals surface area (Å²) in [6.45, 7) is 1.75. The SMILES string of the molecule is C[C@@H]([NH2+]CC(=O)Nc1cccc(F)c1)c1ccc(F)cc1F. The van der Waals surface area contributed by atoms with Gasteiger partial charge in [0.1, 0.15) is 23.5 Å². The van der Waals surface area contributed by atoms with Crippen molar-refractivity contribution in [2.45, 2.75) is 13.0 Å². The van der Waals surface area contributed by atoms with Gasteiger partial charge in [0, 0.05) is 17.3 Å². The molecule has 3 N–H and O–H groups in total. The first kappa shape index (κ1) is 16.0. The van der Waals surface area contributed by atoms with E-state index in [1.807, 2.05) is 0 Å². The van der Waals surface area contributed by atoms with Crippen molar-refractivity contribution in [1.29, 1.82) is 0 Å². The number of hydrogen-bond acceptors (Lipinski definition) is 1. The van der Waals surface area contributed by atoms with Gasteiger partial charge in [0.15, 0.2) is 6.54 Å². The zero-order valence-corrected chi connectivity index (χ0v) is 11.9. The maximum atomic E-state index is 13.6. The van der Waals surface area contributed by atoms with Crippen LogP contribution in [0, 0.1) is 17.5 Å². The Kier molecular flexibility index (Phi) is 5.16. The number of benzene rings is 2. The molecule has 0 radical (unpaired) electrons. The molecule has 0 bridgehead atoms. The van der Waals surface area contributed by atoms with Crippen LogP contribution < -0.4 is 10.6 Å². The Morgan fingerprint density at radius 3 is 2.55 bits per heavy atom. The summed E-state index contributed by atoms with van der Waals surface area (Å²) in [7, 11) is 0. The van der Waals surface area contributed by atoms with E-state index in [-0.39, 0.29) is 18.5 Å². The van der Waals surface area contributed by atoms with Crippen molar-refractivity contribution in [2.24, 2.45) is 0 Å². The van der Waals surface area contributed by atoms with Crippen molar-refractivity contribution in [2.75, 3.05) is 11.9 Å². The molecule has 0 aliphatic rings. The highest BCUT2D eigenvalue weighted by atomic mass is 19.1. The highest BCUT2D eigenvalue weighted by Gasteiger charge is 2.16. The van der Waals surface area contributed by atoms with Crippen LogP contribution in [0.4, 0.5) is 18.9 Å². The van der Waals surface area contributed by atoms with E-state index < -0.39 is 17.5 Å². The number of carbonyl (C=O) groups is 1. The second kappa shape index (κ2) is 7.09. The molecule has 3 nitrogen and oxygen atoms in total. The lowest BCUT2D eigenvalue weighted by molar-refractivity contribution is -0.682. The van der Waals surface area contributed by atoms with E-state index in [0.29, 0.717) is 11.3 Å². The van der Waals surface area contributed by atoms with E-state index in [1.165, 1.54) is 30.3 Å². The van der Waals surface area contributed by atoms with Gasteiger partial charge in [0.2, 0.25) is 0 Å². The summed E-state index contributed by atoms with van der Waals surface area (Å²) in [5, 5.41) is 4.17. The molecule has 1 amide bonds. The average Bonchev–Trinajstić information content (AvgIpc) is 2.45. The Morgan fingerprint density at radius 1 is 1.14 bits per heavy atom. The Morgan fingerprint density at radius 2 is 1.86 bits per heavy atom. The van der Waals surface area contributed by atoms with Crippen LogP contribution in [0.15, 0.2) is 42.5 Å². The van der Waals surface area contributed by atoms with Crippen molar-refractivity contribution >= 4 is 11.6 Å². The number of halogens is 3. The van der Waals surface area contributed by atoms with Crippen LogP contribution in [0.25, 0.3) is 0 Å². The van der Waals surface area contributed by atoms with Crippen LogP contribution in [-0.4, -0.2) is 12.5 Å². The lowest BCUT2D eigenvalue weighted by Gasteiger charge is -2.12. The zero-order chi connectivity index (χ0) is 16.1. The zero-order valence-electron chi connectivity index (χ0n) is 11.9. The molecule has 0 aromatic heterocycles. The van der Waals surface area contributed by atoms with Crippen LogP contribution in [0.3, 0.4) is 0 Å². The van der Waals surface area contributed by atoms with Gasteiger partial charge in [-0.15, -0.1) is 0 Å². The summed E-state index contributed by atoms with van der Waals surface area (Å²) >= 11 is 0. The van der Waals surface area contributed by atoms with Crippen LogP contribution in [0.5, 0.6) is 0 Å². The molecule has 0 fully saturated rings. The van der Waals surface area contributed by atoms with Crippen molar-refractivity contribution in [1.82, 2.24) is 0 Å². The van der Waals surface area contributed by atoms with Gasteiger partial charge in [0.25, 0.3) is 5.91 Å². The third-order valence-corrected chi connectivity index (χ3v) is 3.22. The van der Waals surface area contributed by atoms with E-state index in [9.17, 15) is 18.0 Å². The molecule has 0 aliphatic carbocycles. The van der Waals surface area contributed by atoms with Crippen LogP contribution in [0.1, 0.15) is 18.5 Å². The monoisotopic (exact) mass is 309 g/mol. The molecule has 2 aromatic carbocycles. The third kappa shape index (κ3) is 4.33. The lowest BCUT2D eigenvalue weighted by atomic mass is 10.1. The molecule has 2 aromatic rings. The number of rotatable bonds is 5. The molecule has 0 unspecified atom stereocenters. The summed E-state index contributed by atoms with van der Waals surface area (Å²) in [6, 6.07) is 8.55. The van der Waals surface area contributed by atoms with Gasteiger partial charge in [-0.05, 0) is 37.3 Å². The predicted octanol–water partition coefficient (Wildman–Crippen LogP) is 2.37. The summed E-state index contributed by atoms with van der Waals surface area (Å²) in [6.07, 6.45) is 0. The summed E-state index contributed by atoms with van der Waals surface area (Å²) < 4.78 is 39.5. The Bertz CT molecular complexity index is 676. The normalized spacial score (nSPS) is 12.0. The summed E-state index contributed by atoms with van der Waals surface area (Å²) in [5.74, 6) is -2.06. The molecular formula is C16H16F3N2O+. The van der Waals surface area contributed by atoms with Crippen molar-refractivity contribution in [3.8, 4) is 0 Å². The predicted molar refractivity (Wildman–Crippen MR) is 76.6 cm³/mol. The fraction of sp³-hybridized carbons (Fsp3) is 0.188. The van der Waals surface area contributed by atoms with Gasteiger partial charge in [-0.1, -0.05) is 6.07 Å². The molecule has 0 saturated carbocycles. The quantitative estimate of drug-likeness (QED) is 0.875. The molecule has 0 aliphatic heterocycles. The fourth-order valence-electron chi connectivity index (χ4n) is 2.06. The van der Waals surface area contributed by atoms with Crippen molar-refractivity contribution in [3.63, 3.8) is 0 Å². The second-order valence-corrected chi connectivity index (χ2v) is 4.95. The number of quaternary nitrogens is 1. The minimum absolute atomic E-state index is 0.0362. The first-order valence-corrected chi connectivity index (χ1v) is 6.79. The molecule has 0 spiro atoms. The molecular weight excluding hydrogens is 293 g/mol. The van der Waals surface area contributed by atoms with E-state index in [2.05, 4.69) is 5.32 Å². The van der Waals surface area contributed by atoms with Gasteiger partial charge < -0.3 is 10.6 Å². The molecule has 22 heavy (non-hydrogen) atoms. The molecule has 0 heterocycles. The highest BCUT2D eigenvalue weighted by molar-refractivity contribution is 5.91. The van der Waals surface area contributed by atoms with Gasteiger partial charge >= 0.3 is 0 Å². The van der Waals surface area contributed by atoms with Gasteiger partial charge in [0.05, 0.1) is 0 Å². The molecule has 2 rings (SSSR count). The lowest BCUT2D eigenvalue weighted by Crippen LogP contribution is -2.86. The molecule has 116 valence electrons. The highest BCUT2D eigenvalue weighted by Crippen LogP contribution is 2.14. The van der Waals surface area contributed by atoms with Crippen LogP contribution >= 0.6 is 0 Å². The summed E-state index contributed by atoms with van der Waals surface area (Å²) in [5.41, 5.74) is 0.680. The second-order valence-electron chi connectivity index (χ2n) is 4.95. The molecule has 1 atom stereocenters. The fourth-order valence-corrected chi connectivity index (χ4v) is 2.06. The van der Waals surface area contributed by atoms with Crippen molar-refractivity contribution < 1.29 is 23.3 Å². The minimum atomic E-state index is -0.644. The molecule has 0 saturated heterocycles. The first-order valence-electron chi connectivity index (χ1n) is 6.79. The number of amides is 1. The third-order valence-electron chi connectivity index (χ3n) is 3.22. The Labute approximate surface area is 126 Å². The van der Waals surface area contributed by atoms with Crippen LogP contribution in [-0.2, 0) is 4.79 Å². The van der Waals surface area contributed by atoms with Crippen molar-refractivity contribution in [3.05, 3.63) is 65.5 Å². The van der Waals surface area contributed by atoms with E-state index in [4.69, 9.17) is 0 Å². The van der Waals surface area contributed by atoms with E-state index in [0.717, 1.165) is 6.07 Å². The maximum absolute atomic E-state index is 13.6. The Balaban J connectivity index is 1.90. The Hall–Kier alpha value is -2.34. The number of nitrogens with two attached hydrogens (primary N) is 1.